The Morgan fingerprint density at radius 2 is 2.18 bits per heavy atom. The van der Waals surface area contributed by atoms with E-state index >= 15 is 0 Å². The lowest BCUT2D eigenvalue weighted by atomic mass is 10.1. The Hall–Kier alpha value is -1.76. The molecule has 0 saturated carbocycles. The van der Waals surface area contributed by atoms with E-state index in [1.165, 1.54) is 14.2 Å². The number of hydrogen-bond acceptors (Lipinski definition) is 5. The molecule has 0 aliphatic rings. The number of carbonyl (C=O) groups excluding carboxylic acids is 1. The number of pyridine rings is 1. The summed E-state index contributed by atoms with van der Waals surface area (Å²) in [6.45, 7) is -0.165. The van der Waals surface area contributed by atoms with Crippen molar-refractivity contribution >= 4 is 5.97 Å². The van der Waals surface area contributed by atoms with Gasteiger partial charge in [-0.3, -0.25) is 0 Å². The summed E-state index contributed by atoms with van der Waals surface area (Å²) in [7, 11) is 2.43. The number of ether oxygens (including phenoxy) is 2. The molecule has 1 heterocycles. The monoisotopic (exact) mass is 246 g/mol. The number of carbonyl (C=O) groups is 1. The van der Waals surface area contributed by atoms with E-state index in [2.05, 4.69) is 9.72 Å². The van der Waals surface area contributed by atoms with Gasteiger partial charge in [0, 0.05) is 12.6 Å². The normalized spacial score (nSPS) is 10.5. The van der Waals surface area contributed by atoms with Crippen molar-refractivity contribution in [3.63, 3.8) is 0 Å². The van der Waals surface area contributed by atoms with Gasteiger partial charge in [-0.1, -0.05) is 0 Å². The fraction of sp³-hybridized carbons (Fsp3) is 0.400. The number of hydrogen-bond donors (Lipinski definition) is 1. The molecule has 17 heavy (non-hydrogen) atoms. The van der Waals surface area contributed by atoms with Crippen LogP contribution in [0.5, 0.6) is 5.75 Å². The van der Waals surface area contributed by atoms with Crippen molar-refractivity contribution in [3.8, 4) is 5.75 Å². The smallest absolute Gasteiger partial charge is 0.343 e. The predicted octanol–water partition coefficient (Wildman–Crippen LogP) is 1.27. The molecule has 0 amide bonds. The Balaban J connectivity index is 3.41. The molecule has 0 fully saturated rings. The Labute approximate surface area is 96.5 Å². The maximum absolute atomic E-state index is 12.5. The Morgan fingerprint density at radius 3 is 2.59 bits per heavy atom. The minimum Gasteiger partial charge on any atom is -0.496 e. The summed E-state index contributed by atoms with van der Waals surface area (Å²) in [5.41, 5.74) is 4.87. The second kappa shape index (κ2) is 5.53. The molecule has 0 radical (unpaired) electrons. The molecule has 0 unspecified atom stereocenters. The lowest BCUT2D eigenvalue weighted by Crippen LogP contribution is -2.14. The van der Waals surface area contributed by atoms with Crippen LogP contribution < -0.4 is 10.5 Å². The van der Waals surface area contributed by atoms with Crippen molar-refractivity contribution in [2.75, 3.05) is 14.2 Å². The molecule has 0 spiro atoms. The zero-order chi connectivity index (χ0) is 13.0. The number of alkyl halides is 2. The second-order valence-corrected chi connectivity index (χ2v) is 3.07. The molecule has 94 valence electrons. The number of rotatable bonds is 4. The van der Waals surface area contributed by atoms with E-state index in [1.54, 1.807) is 0 Å². The summed E-state index contributed by atoms with van der Waals surface area (Å²) in [5, 5.41) is 0. The molecule has 0 aliphatic carbocycles. The summed E-state index contributed by atoms with van der Waals surface area (Å²) >= 11 is 0. The third kappa shape index (κ3) is 2.68. The molecule has 0 saturated heterocycles. The number of aromatic nitrogens is 1. The molecular weight excluding hydrogens is 234 g/mol. The number of halogens is 2. The fourth-order valence-corrected chi connectivity index (χ4v) is 1.33. The van der Waals surface area contributed by atoms with Crippen LogP contribution in [-0.4, -0.2) is 25.2 Å². The van der Waals surface area contributed by atoms with Crippen LogP contribution in [0.2, 0.25) is 0 Å². The molecule has 0 aliphatic heterocycles. The van der Waals surface area contributed by atoms with Gasteiger partial charge in [-0.15, -0.1) is 0 Å². The van der Waals surface area contributed by atoms with Crippen LogP contribution in [0.3, 0.4) is 0 Å². The van der Waals surface area contributed by atoms with Crippen molar-refractivity contribution < 1.29 is 23.0 Å². The van der Waals surface area contributed by atoms with Crippen molar-refractivity contribution in [2.45, 2.75) is 13.0 Å². The van der Waals surface area contributed by atoms with Gasteiger partial charge in [-0.25, -0.2) is 18.6 Å². The summed E-state index contributed by atoms with van der Waals surface area (Å²) in [6, 6.07) is 0.996. The quantitative estimate of drug-likeness (QED) is 0.810. The highest BCUT2D eigenvalue weighted by atomic mass is 19.3. The Morgan fingerprint density at radius 1 is 1.53 bits per heavy atom. The second-order valence-electron chi connectivity index (χ2n) is 3.07. The molecule has 2 N–H and O–H groups in total. The molecule has 1 aromatic rings. The van der Waals surface area contributed by atoms with Crippen LogP contribution in [0.4, 0.5) is 8.78 Å². The summed E-state index contributed by atoms with van der Waals surface area (Å²) in [6.07, 6.45) is -2.76. The molecule has 0 aromatic carbocycles. The molecule has 7 heteroatoms. The van der Waals surface area contributed by atoms with Crippen molar-refractivity contribution in [2.24, 2.45) is 5.73 Å². The van der Waals surface area contributed by atoms with E-state index < -0.39 is 18.1 Å². The maximum atomic E-state index is 12.5. The molecule has 1 aromatic heterocycles. The van der Waals surface area contributed by atoms with Gasteiger partial charge >= 0.3 is 5.97 Å². The first kappa shape index (κ1) is 13.3. The maximum Gasteiger partial charge on any atom is 0.343 e. The standard InChI is InChI=1S/C10H12F2N2O3/c1-16-7-3-5(9(11)12)14-6(4-13)8(7)10(15)17-2/h3,9H,4,13H2,1-2H3. The van der Waals surface area contributed by atoms with Crippen LogP contribution in [0.1, 0.15) is 28.2 Å². The van der Waals surface area contributed by atoms with Crippen LogP contribution in [0, 0.1) is 0 Å². The van der Waals surface area contributed by atoms with Gasteiger partial charge in [0.15, 0.2) is 0 Å². The van der Waals surface area contributed by atoms with Crippen LogP contribution in [0.25, 0.3) is 0 Å². The van der Waals surface area contributed by atoms with Crippen LogP contribution >= 0.6 is 0 Å². The highest BCUT2D eigenvalue weighted by Crippen LogP contribution is 2.27. The number of methoxy groups -OCH3 is 2. The first-order valence-corrected chi connectivity index (χ1v) is 4.69. The largest absolute Gasteiger partial charge is 0.496 e. The van der Waals surface area contributed by atoms with Crippen molar-refractivity contribution in [1.29, 1.82) is 0 Å². The topological polar surface area (TPSA) is 74.4 Å². The minimum atomic E-state index is -2.76. The summed E-state index contributed by atoms with van der Waals surface area (Å²) in [5.74, 6) is -0.752. The zero-order valence-electron chi connectivity index (χ0n) is 9.37. The van der Waals surface area contributed by atoms with Gasteiger partial charge in [0.25, 0.3) is 6.43 Å². The minimum absolute atomic E-state index is 0.0199. The molecule has 0 bridgehead atoms. The average Bonchev–Trinajstić information content (AvgIpc) is 2.35. The third-order valence-corrected chi connectivity index (χ3v) is 2.10. The van der Waals surface area contributed by atoms with Gasteiger partial charge in [0.2, 0.25) is 0 Å². The van der Waals surface area contributed by atoms with E-state index in [0.717, 1.165) is 6.07 Å². The lowest BCUT2D eigenvalue weighted by Gasteiger charge is -2.12. The van der Waals surface area contributed by atoms with Gasteiger partial charge in [-0.2, -0.15) is 0 Å². The van der Waals surface area contributed by atoms with Crippen LogP contribution in [-0.2, 0) is 11.3 Å². The molecule has 5 nitrogen and oxygen atoms in total. The SMILES string of the molecule is COC(=O)c1c(OC)cc(C(F)F)nc1CN. The predicted molar refractivity (Wildman–Crippen MR) is 55.0 cm³/mol. The number of esters is 1. The van der Waals surface area contributed by atoms with E-state index in [0.29, 0.717) is 0 Å². The lowest BCUT2D eigenvalue weighted by molar-refractivity contribution is 0.0594. The highest BCUT2D eigenvalue weighted by molar-refractivity contribution is 5.93. The van der Waals surface area contributed by atoms with Gasteiger partial charge in [0.05, 0.1) is 19.9 Å². The molecule has 0 atom stereocenters. The van der Waals surface area contributed by atoms with Gasteiger partial charge < -0.3 is 15.2 Å². The first-order valence-electron chi connectivity index (χ1n) is 4.69. The van der Waals surface area contributed by atoms with E-state index in [9.17, 15) is 13.6 Å². The van der Waals surface area contributed by atoms with Crippen LogP contribution in [0.15, 0.2) is 6.07 Å². The fourth-order valence-electron chi connectivity index (χ4n) is 1.33. The first-order chi connectivity index (χ1) is 8.04. The molecule has 1 rings (SSSR count). The summed E-state index contributed by atoms with van der Waals surface area (Å²) in [4.78, 5) is 15.1. The van der Waals surface area contributed by atoms with E-state index in [-0.39, 0.29) is 23.6 Å². The number of nitrogens with two attached hydrogens (primary N) is 1. The van der Waals surface area contributed by atoms with Crippen molar-refractivity contribution in [1.82, 2.24) is 4.98 Å². The van der Waals surface area contributed by atoms with Crippen molar-refractivity contribution in [3.05, 3.63) is 23.0 Å². The average molecular weight is 246 g/mol. The zero-order valence-corrected chi connectivity index (χ0v) is 9.37. The Bertz CT molecular complexity index is 399. The van der Waals surface area contributed by atoms with E-state index in [4.69, 9.17) is 10.5 Å². The Kier molecular flexibility index (Phi) is 4.33. The summed E-state index contributed by atoms with van der Waals surface area (Å²) < 4.78 is 34.5. The van der Waals surface area contributed by atoms with Gasteiger partial charge in [0.1, 0.15) is 17.0 Å². The number of nitrogens with zero attached hydrogens (tertiary/aromatic N) is 1. The molecular formula is C10H12F2N2O3. The van der Waals surface area contributed by atoms with Gasteiger partial charge in [-0.05, 0) is 0 Å². The third-order valence-electron chi connectivity index (χ3n) is 2.10. The van der Waals surface area contributed by atoms with E-state index in [1.807, 2.05) is 0 Å². The highest BCUT2D eigenvalue weighted by Gasteiger charge is 2.22.